The number of hydrazine groups is 1. The van der Waals surface area contributed by atoms with Crippen LogP contribution >= 0.6 is 0 Å². The van der Waals surface area contributed by atoms with E-state index >= 15 is 0 Å². The van der Waals surface area contributed by atoms with Gasteiger partial charge in [0.05, 0.1) is 5.92 Å². The minimum atomic E-state index is -4.52. The zero-order valence-corrected chi connectivity index (χ0v) is 12.0. The van der Waals surface area contributed by atoms with Crippen LogP contribution in [-0.2, 0) is 14.9 Å². The molecule has 0 fully saturated rings. The van der Waals surface area contributed by atoms with E-state index in [0.29, 0.717) is 11.3 Å². The van der Waals surface area contributed by atoms with E-state index in [0.717, 1.165) is 0 Å². The first kappa shape index (κ1) is 14.5. The lowest BCUT2D eigenvalue weighted by Gasteiger charge is -2.28. The molecule has 0 saturated heterocycles. The average molecular weight is 320 g/mol. The van der Waals surface area contributed by atoms with Crippen LogP contribution in [0.2, 0.25) is 0 Å². The van der Waals surface area contributed by atoms with Crippen LogP contribution in [0.4, 0.5) is 0 Å². The normalized spacial score (nSPS) is 16.2. The molecule has 0 spiro atoms. The number of rotatable bonds is 2. The van der Waals surface area contributed by atoms with E-state index < -0.39 is 21.9 Å². The molecule has 0 aromatic heterocycles. The summed E-state index contributed by atoms with van der Waals surface area (Å²) in [6, 6.07) is 10.9. The molecular weight excluding hydrogens is 308 g/mol. The molecule has 1 aliphatic rings. The molecule has 8 heteroatoms. The van der Waals surface area contributed by atoms with Crippen LogP contribution in [0.15, 0.2) is 47.4 Å². The molecule has 114 valence electrons. The third-order valence-corrected chi connectivity index (χ3v) is 4.36. The molecule has 1 amide bonds. The summed E-state index contributed by atoms with van der Waals surface area (Å²) in [4.78, 5) is 11.8. The minimum absolute atomic E-state index is 0.0617. The fourth-order valence-corrected chi connectivity index (χ4v) is 3.31. The molecule has 0 aliphatic carbocycles. The zero-order chi connectivity index (χ0) is 15.9. The third kappa shape index (κ3) is 2.23. The monoisotopic (exact) mass is 320 g/mol. The summed E-state index contributed by atoms with van der Waals surface area (Å²) in [6.45, 7) is 0. The number of carbonyl (C=O) groups excluding carboxylic acids is 1. The Kier molecular flexibility index (Phi) is 3.36. The van der Waals surface area contributed by atoms with Crippen molar-refractivity contribution >= 4 is 16.0 Å². The maximum atomic E-state index is 12.2. The van der Waals surface area contributed by atoms with Crippen LogP contribution in [-0.4, -0.2) is 18.9 Å². The highest BCUT2D eigenvalue weighted by atomic mass is 32.2. The van der Waals surface area contributed by atoms with Gasteiger partial charge in [0.1, 0.15) is 16.4 Å². The quantitative estimate of drug-likeness (QED) is 0.331. The van der Waals surface area contributed by atoms with E-state index in [9.17, 15) is 17.8 Å². The van der Waals surface area contributed by atoms with Crippen LogP contribution in [0.25, 0.3) is 0 Å². The highest BCUT2D eigenvalue weighted by molar-refractivity contribution is 7.85. The summed E-state index contributed by atoms with van der Waals surface area (Å²) >= 11 is 0. The van der Waals surface area contributed by atoms with Gasteiger partial charge in [-0.15, -0.1) is 0 Å². The first-order valence-electron chi connectivity index (χ1n) is 6.31. The minimum Gasteiger partial charge on any atom is -0.457 e. The Morgan fingerprint density at radius 2 is 1.82 bits per heavy atom. The van der Waals surface area contributed by atoms with Crippen molar-refractivity contribution in [1.29, 1.82) is 0 Å². The van der Waals surface area contributed by atoms with Crippen LogP contribution in [0.3, 0.4) is 0 Å². The van der Waals surface area contributed by atoms with Crippen LogP contribution in [0.1, 0.15) is 17.0 Å². The average Bonchev–Trinajstić information content (AvgIpc) is 2.50. The largest absolute Gasteiger partial charge is 0.457 e. The number of hydrogen-bond donors (Lipinski definition) is 3. The van der Waals surface area contributed by atoms with Crippen molar-refractivity contribution in [2.75, 3.05) is 0 Å². The van der Waals surface area contributed by atoms with Gasteiger partial charge in [-0.3, -0.25) is 14.8 Å². The summed E-state index contributed by atoms with van der Waals surface area (Å²) in [5.74, 6) is 4.23. The van der Waals surface area contributed by atoms with Gasteiger partial charge in [-0.25, -0.2) is 5.84 Å². The van der Waals surface area contributed by atoms with Gasteiger partial charge in [-0.2, -0.15) is 8.42 Å². The fraction of sp³-hybridized carbons (Fsp3) is 0.0714. The second kappa shape index (κ2) is 5.09. The number of nitrogens with two attached hydrogens (primary N) is 1. The van der Waals surface area contributed by atoms with Gasteiger partial charge in [0.2, 0.25) is 5.91 Å². The first-order valence-corrected chi connectivity index (χ1v) is 7.75. The molecular formula is C14H12N2O5S. The fourth-order valence-electron chi connectivity index (χ4n) is 2.56. The molecule has 2 aromatic carbocycles. The van der Waals surface area contributed by atoms with E-state index in [1.165, 1.54) is 18.2 Å². The van der Waals surface area contributed by atoms with Crippen molar-refractivity contribution in [2.24, 2.45) is 5.84 Å². The third-order valence-electron chi connectivity index (χ3n) is 3.45. The molecule has 0 bridgehead atoms. The van der Waals surface area contributed by atoms with Gasteiger partial charge < -0.3 is 4.74 Å². The molecule has 0 saturated carbocycles. The second-order valence-electron chi connectivity index (χ2n) is 4.72. The van der Waals surface area contributed by atoms with Crippen LogP contribution < -0.4 is 16.0 Å². The molecule has 3 rings (SSSR count). The van der Waals surface area contributed by atoms with Crippen LogP contribution in [0, 0.1) is 0 Å². The van der Waals surface area contributed by atoms with E-state index in [1.54, 1.807) is 24.3 Å². The summed E-state index contributed by atoms with van der Waals surface area (Å²) in [6.07, 6.45) is 0. The standard InChI is InChI=1S/C14H12N2O5S/c15-16-14(17)12-8-4-1-2-5-9(8)21-10-6-3-7-11(13(10)12)22(18,19)20/h1-7,12H,15H2,(H,16,17)(H,18,19,20). The second-order valence-corrected chi connectivity index (χ2v) is 6.11. The van der Waals surface area contributed by atoms with Gasteiger partial charge in [0.15, 0.2) is 0 Å². The van der Waals surface area contributed by atoms with Gasteiger partial charge in [0, 0.05) is 11.1 Å². The van der Waals surface area contributed by atoms with Crippen molar-refractivity contribution in [3.8, 4) is 11.5 Å². The van der Waals surface area contributed by atoms with Crippen LogP contribution in [0.5, 0.6) is 11.5 Å². The molecule has 1 atom stereocenters. The number of benzene rings is 2. The summed E-state index contributed by atoms with van der Waals surface area (Å²) < 4.78 is 38.3. The lowest BCUT2D eigenvalue weighted by atomic mass is 9.87. The number of carbonyl (C=O) groups is 1. The lowest BCUT2D eigenvalue weighted by Crippen LogP contribution is -2.36. The Bertz CT molecular complexity index is 863. The smallest absolute Gasteiger partial charge is 0.294 e. The Morgan fingerprint density at radius 3 is 2.50 bits per heavy atom. The van der Waals surface area contributed by atoms with Gasteiger partial charge >= 0.3 is 0 Å². The molecule has 1 unspecified atom stereocenters. The van der Waals surface area contributed by atoms with Crippen molar-refractivity contribution in [3.63, 3.8) is 0 Å². The number of para-hydroxylation sites is 1. The molecule has 2 aromatic rings. The Morgan fingerprint density at radius 1 is 1.14 bits per heavy atom. The van der Waals surface area contributed by atoms with Gasteiger partial charge in [-0.05, 0) is 18.2 Å². The zero-order valence-electron chi connectivity index (χ0n) is 11.2. The molecule has 0 radical (unpaired) electrons. The lowest BCUT2D eigenvalue weighted by molar-refractivity contribution is -0.121. The molecule has 1 aliphatic heterocycles. The topological polar surface area (TPSA) is 119 Å². The Hall–Kier alpha value is -2.42. The van der Waals surface area contributed by atoms with Crippen molar-refractivity contribution in [2.45, 2.75) is 10.8 Å². The highest BCUT2D eigenvalue weighted by Gasteiger charge is 2.36. The van der Waals surface area contributed by atoms with E-state index in [1.807, 2.05) is 5.43 Å². The Balaban J connectivity index is 2.33. The predicted molar refractivity (Wildman–Crippen MR) is 76.9 cm³/mol. The number of fused-ring (bicyclic) bond motifs is 2. The Labute approximate surface area is 126 Å². The SMILES string of the molecule is NNC(=O)C1c2ccccc2Oc2cccc(S(=O)(=O)O)c21. The number of ether oxygens (including phenoxy) is 1. The maximum Gasteiger partial charge on any atom is 0.294 e. The number of nitrogens with one attached hydrogen (secondary N) is 1. The van der Waals surface area contributed by atoms with Crippen molar-refractivity contribution in [1.82, 2.24) is 5.43 Å². The molecule has 7 nitrogen and oxygen atoms in total. The molecule has 22 heavy (non-hydrogen) atoms. The number of amides is 1. The van der Waals surface area contributed by atoms with E-state index in [-0.39, 0.29) is 16.2 Å². The number of hydrogen-bond acceptors (Lipinski definition) is 5. The van der Waals surface area contributed by atoms with Gasteiger partial charge in [-0.1, -0.05) is 24.3 Å². The summed E-state index contributed by atoms with van der Waals surface area (Å²) in [7, 11) is -4.52. The van der Waals surface area contributed by atoms with Gasteiger partial charge in [0.25, 0.3) is 10.1 Å². The van der Waals surface area contributed by atoms with E-state index in [4.69, 9.17) is 10.6 Å². The summed E-state index contributed by atoms with van der Waals surface area (Å²) in [5, 5.41) is 0. The predicted octanol–water partition coefficient (Wildman–Crippen LogP) is 1.16. The molecule has 1 heterocycles. The van der Waals surface area contributed by atoms with Crippen molar-refractivity contribution < 1.29 is 22.5 Å². The summed E-state index contributed by atoms with van der Waals surface area (Å²) in [5.41, 5.74) is 2.55. The van der Waals surface area contributed by atoms with Crippen molar-refractivity contribution in [3.05, 3.63) is 53.6 Å². The maximum absolute atomic E-state index is 12.2. The highest BCUT2D eigenvalue weighted by Crippen LogP contribution is 2.46. The van der Waals surface area contributed by atoms with E-state index in [2.05, 4.69) is 0 Å². The first-order chi connectivity index (χ1) is 10.4. The molecule has 4 N–H and O–H groups in total.